The third-order valence-electron chi connectivity index (χ3n) is 2.36. The van der Waals surface area contributed by atoms with Crippen LogP contribution in [0, 0.1) is 0 Å². The summed E-state index contributed by atoms with van der Waals surface area (Å²) in [4.78, 5) is 16.9. The molecule has 0 atom stereocenters. The third-order valence-corrected chi connectivity index (χ3v) is 3.17. The second-order valence-electron chi connectivity index (χ2n) is 3.72. The van der Waals surface area contributed by atoms with Gasteiger partial charge in [-0.15, -0.1) is 5.10 Å². The van der Waals surface area contributed by atoms with Crippen LogP contribution in [0.1, 0.15) is 34.4 Å². The summed E-state index contributed by atoms with van der Waals surface area (Å²) in [6, 6.07) is 5.57. The Kier molecular flexibility index (Phi) is 3.93. The van der Waals surface area contributed by atoms with E-state index in [0.717, 1.165) is 24.2 Å². The summed E-state index contributed by atoms with van der Waals surface area (Å²) >= 11 is 1.18. The van der Waals surface area contributed by atoms with E-state index in [1.165, 1.54) is 11.5 Å². The SMILES string of the molecule is CCCc1nnsc1C(=O)Cc1ccccn1. The lowest BCUT2D eigenvalue weighted by Gasteiger charge is -1.99. The predicted molar refractivity (Wildman–Crippen MR) is 66.2 cm³/mol. The van der Waals surface area contributed by atoms with Crippen LogP contribution in [0.3, 0.4) is 0 Å². The Labute approximate surface area is 104 Å². The van der Waals surface area contributed by atoms with E-state index in [0.29, 0.717) is 11.3 Å². The van der Waals surface area contributed by atoms with E-state index in [1.54, 1.807) is 6.20 Å². The highest BCUT2D eigenvalue weighted by atomic mass is 32.1. The maximum absolute atomic E-state index is 12.1. The molecule has 88 valence electrons. The van der Waals surface area contributed by atoms with Gasteiger partial charge in [0.25, 0.3) is 0 Å². The fourth-order valence-corrected chi connectivity index (χ4v) is 2.21. The van der Waals surface area contributed by atoms with Gasteiger partial charge in [0, 0.05) is 11.9 Å². The van der Waals surface area contributed by atoms with Crippen molar-refractivity contribution in [1.82, 2.24) is 14.6 Å². The molecule has 5 heteroatoms. The Balaban J connectivity index is 2.12. The molecule has 0 aliphatic carbocycles. The highest BCUT2D eigenvalue weighted by Crippen LogP contribution is 2.15. The molecular formula is C12H13N3OS. The number of hydrogen-bond donors (Lipinski definition) is 0. The lowest BCUT2D eigenvalue weighted by molar-refractivity contribution is 0.0994. The van der Waals surface area contributed by atoms with E-state index in [9.17, 15) is 4.79 Å². The van der Waals surface area contributed by atoms with Gasteiger partial charge in [0.15, 0.2) is 5.78 Å². The topological polar surface area (TPSA) is 55.7 Å². The van der Waals surface area contributed by atoms with Crippen molar-refractivity contribution in [3.05, 3.63) is 40.7 Å². The number of ketones is 1. The molecule has 0 saturated carbocycles. The molecule has 2 rings (SSSR count). The molecular weight excluding hydrogens is 234 g/mol. The highest BCUT2D eigenvalue weighted by Gasteiger charge is 2.16. The van der Waals surface area contributed by atoms with Crippen LogP contribution in [0.15, 0.2) is 24.4 Å². The van der Waals surface area contributed by atoms with E-state index in [4.69, 9.17) is 0 Å². The zero-order valence-electron chi connectivity index (χ0n) is 9.59. The van der Waals surface area contributed by atoms with Gasteiger partial charge in [-0.25, -0.2) is 0 Å². The van der Waals surface area contributed by atoms with Crippen molar-refractivity contribution in [1.29, 1.82) is 0 Å². The molecule has 2 heterocycles. The molecule has 0 saturated heterocycles. The van der Waals surface area contributed by atoms with Gasteiger partial charge < -0.3 is 0 Å². The molecule has 0 amide bonds. The fraction of sp³-hybridized carbons (Fsp3) is 0.333. The van der Waals surface area contributed by atoms with Crippen molar-refractivity contribution in [3.63, 3.8) is 0 Å². The van der Waals surface area contributed by atoms with Crippen molar-refractivity contribution >= 4 is 17.3 Å². The first-order valence-corrected chi connectivity index (χ1v) is 6.33. The summed E-state index contributed by atoms with van der Waals surface area (Å²) in [7, 11) is 0. The number of rotatable bonds is 5. The predicted octanol–water partition coefficient (Wildman–Crippen LogP) is 2.31. The second kappa shape index (κ2) is 5.63. The summed E-state index contributed by atoms with van der Waals surface area (Å²) in [5.74, 6) is 0.0575. The third kappa shape index (κ3) is 2.94. The van der Waals surface area contributed by atoms with Crippen LogP contribution in [0.4, 0.5) is 0 Å². The van der Waals surface area contributed by atoms with Crippen LogP contribution in [0.2, 0.25) is 0 Å². The molecule has 0 aromatic carbocycles. The van der Waals surface area contributed by atoms with E-state index < -0.39 is 0 Å². The number of carbonyl (C=O) groups is 1. The standard InChI is InChI=1S/C12H13N3OS/c1-2-5-10-12(17-15-14-10)11(16)8-9-6-3-4-7-13-9/h3-4,6-7H,2,5,8H2,1H3. The summed E-state index contributed by atoms with van der Waals surface area (Å²) in [6.07, 6.45) is 3.79. The van der Waals surface area contributed by atoms with Crippen LogP contribution < -0.4 is 0 Å². The van der Waals surface area contributed by atoms with Crippen molar-refractivity contribution in [3.8, 4) is 0 Å². The number of Topliss-reactive ketones (excluding diaryl/α,β-unsaturated/α-hetero) is 1. The number of hydrogen-bond acceptors (Lipinski definition) is 5. The largest absolute Gasteiger partial charge is 0.293 e. The van der Waals surface area contributed by atoms with Gasteiger partial charge in [0.05, 0.1) is 12.1 Å². The molecule has 0 radical (unpaired) electrons. The molecule has 0 bridgehead atoms. The first-order valence-electron chi connectivity index (χ1n) is 5.55. The van der Waals surface area contributed by atoms with Gasteiger partial charge in [-0.05, 0) is 30.1 Å². The van der Waals surface area contributed by atoms with E-state index in [2.05, 4.69) is 21.5 Å². The summed E-state index contributed by atoms with van der Waals surface area (Å²) < 4.78 is 3.85. The van der Waals surface area contributed by atoms with Crippen LogP contribution in [-0.4, -0.2) is 20.4 Å². The Bertz CT molecular complexity index is 495. The van der Waals surface area contributed by atoms with Crippen molar-refractivity contribution in [2.24, 2.45) is 0 Å². The van der Waals surface area contributed by atoms with E-state index in [1.807, 2.05) is 18.2 Å². The minimum atomic E-state index is 0.0575. The van der Waals surface area contributed by atoms with Gasteiger partial charge in [0.1, 0.15) is 4.88 Å². The number of aromatic nitrogens is 3. The highest BCUT2D eigenvalue weighted by molar-refractivity contribution is 7.08. The molecule has 0 N–H and O–H groups in total. The second-order valence-corrected chi connectivity index (χ2v) is 4.47. The maximum atomic E-state index is 12.1. The van der Waals surface area contributed by atoms with Gasteiger partial charge in [-0.1, -0.05) is 23.9 Å². The Hall–Kier alpha value is -1.62. The monoisotopic (exact) mass is 247 g/mol. The fourth-order valence-electron chi connectivity index (χ4n) is 1.57. The van der Waals surface area contributed by atoms with E-state index in [-0.39, 0.29) is 5.78 Å². The van der Waals surface area contributed by atoms with Crippen LogP contribution >= 0.6 is 11.5 Å². The van der Waals surface area contributed by atoms with Crippen LogP contribution in [0.25, 0.3) is 0 Å². The van der Waals surface area contributed by atoms with Crippen molar-refractivity contribution in [2.75, 3.05) is 0 Å². The lowest BCUT2D eigenvalue weighted by atomic mass is 10.1. The van der Waals surface area contributed by atoms with Crippen molar-refractivity contribution in [2.45, 2.75) is 26.2 Å². The molecule has 0 unspecified atom stereocenters. The molecule has 0 spiro atoms. The lowest BCUT2D eigenvalue weighted by Crippen LogP contribution is -2.06. The van der Waals surface area contributed by atoms with Crippen LogP contribution in [0.5, 0.6) is 0 Å². The smallest absolute Gasteiger partial charge is 0.182 e. The van der Waals surface area contributed by atoms with E-state index >= 15 is 0 Å². The summed E-state index contributed by atoms with van der Waals surface area (Å²) in [5, 5.41) is 4.00. The number of carbonyl (C=O) groups excluding carboxylic acids is 1. The normalized spacial score (nSPS) is 10.4. The van der Waals surface area contributed by atoms with Crippen LogP contribution in [-0.2, 0) is 12.8 Å². The number of nitrogens with zero attached hydrogens (tertiary/aromatic N) is 3. The molecule has 2 aromatic rings. The number of pyridine rings is 1. The minimum Gasteiger partial charge on any atom is -0.293 e. The molecule has 0 aliphatic rings. The maximum Gasteiger partial charge on any atom is 0.182 e. The van der Waals surface area contributed by atoms with Gasteiger partial charge in [0.2, 0.25) is 0 Å². The first-order chi connectivity index (χ1) is 8.31. The van der Waals surface area contributed by atoms with Crippen molar-refractivity contribution < 1.29 is 4.79 Å². The first kappa shape index (κ1) is 11.9. The van der Waals surface area contributed by atoms with Gasteiger partial charge in [-0.2, -0.15) is 0 Å². The average molecular weight is 247 g/mol. The molecule has 4 nitrogen and oxygen atoms in total. The van der Waals surface area contributed by atoms with Gasteiger partial charge in [-0.3, -0.25) is 9.78 Å². The quantitative estimate of drug-likeness (QED) is 0.761. The Morgan fingerprint density at radius 3 is 3.00 bits per heavy atom. The number of aryl methyl sites for hydroxylation is 1. The Morgan fingerprint density at radius 1 is 1.41 bits per heavy atom. The molecule has 0 aliphatic heterocycles. The Morgan fingerprint density at radius 2 is 2.29 bits per heavy atom. The average Bonchev–Trinajstić information content (AvgIpc) is 2.79. The molecule has 2 aromatic heterocycles. The van der Waals surface area contributed by atoms with Gasteiger partial charge >= 0.3 is 0 Å². The zero-order valence-corrected chi connectivity index (χ0v) is 10.4. The molecule has 17 heavy (non-hydrogen) atoms. The zero-order chi connectivity index (χ0) is 12.1. The molecule has 0 fully saturated rings. The summed E-state index contributed by atoms with van der Waals surface area (Å²) in [6.45, 7) is 2.06. The summed E-state index contributed by atoms with van der Waals surface area (Å²) in [5.41, 5.74) is 1.60. The minimum absolute atomic E-state index is 0.0575.